The Morgan fingerprint density at radius 2 is 1.62 bits per heavy atom. The molecule has 0 unspecified atom stereocenters. The molecule has 0 saturated heterocycles. The third-order valence-electron chi connectivity index (χ3n) is 2.01. The third-order valence-corrected chi connectivity index (χ3v) is 2.01. The van der Waals surface area contributed by atoms with Gasteiger partial charge in [0.25, 0.3) is 0 Å². The van der Waals surface area contributed by atoms with Gasteiger partial charge in [-0.05, 0) is 10.3 Å². The molecular formula is C12H12BNO2+. The first-order chi connectivity index (χ1) is 7.95. The zero-order chi connectivity index (χ0) is 11.1. The van der Waals surface area contributed by atoms with Crippen molar-refractivity contribution in [1.82, 2.24) is 0 Å². The van der Waals surface area contributed by atoms with Crippen molar-refractivity contribution in [2.24, 2.45) is 0 Å². The fourth-order valence-electron chi connectivity index (χ4n) is 1.24. The highest BCUT2D eigenvalue weighted by atomic mass is 16.7. The van der Waals surface area contributed by atoms with Gasteiger partial charge in [-0.15, -0.1) is 0 Å². The quantitative estimate of drug-likeness (QED) is 0.422. The van der Waals surface area contributed by atoms with Gasteiger partial charge in [0, 0.05) is 12.1 Å². The SMILES string of the molecule is [B](OCc1ccccc1)O[n+]1ccccc1. The predicted octanol–water partition coefficient (Wildman–Crippen LogP) is 1.15. The molecule has 2 aromatic rings. The molecule has 0 aliphatic rings. The first-order valence-corrected chi connectivity index (χ1v) is 5.06. The van der Waals surface area contributed by atoms with E-state index >= 15 is 0 Å². The number of pyridine rings is 1. The summed E-state index contributed by atoms with van der Waals surface area (Å²) in [5.41, 5.74) is 1.11. The minimum atomic E-state index is 0.508. The molecule has 79 valence electrons. The van der Waals surface area contributed by atoms with E-state index < -0.39 is 0 Å². The lowest BCUT2D eigenvalue weighted by atomic mass is 10.2. The van der Waals surface area contributed by atoms with Crippen LogP contribution in [0.3, 0.4) is 0 Å². The normalized spacial score (nSPS) is 9.75. The maximum Gasteiger partial charge on any atom is 0.662 e. The summed E-state index contributed by atoms with van der Waals surface area (Å²) in [5, 5.41) is 0. The largest absolute Gasteiger partial charge is 0.662 e. The van der Waals surface area contributed by atoms with Crippen LogP contribution in [0.5, 0.6) is 0 Å². The van der Waals surface area contributed by atoms with Crippen LogP contribution >= 0.6 is 0 Å². The lowest BCUT2D eigenvalue weighted by molar-refractivity contribution is -0.862. The van der Waals surface area contributed by atoms with Crippen LogP contribution in [-0.2, 0) is 11.3 Å². The zero-order valence-electron chi connectivity index (χ0n) is 8.82. The molecule has 3 nitrogen and oxygen atoms in total. The highest BCUT2D eigenvalue weighted by molar-refractivity contribution is 6.17. The van der Waals surface area contributed by atoms with Crippen molar-refractivity contribution in [3.63, 3.8) is 0 Å². The summed E-state index contributed by atoms with van der Waals surface area (Å²) in [5.74, 6) is 0. The second kappa shape index (κ2) is 5.93. The van der Waals surface area contributed by atoms with Crippen molar-refractivity contribution in [1.29, 1.82) is 0 Å². The highest BCUT2D eigenvalue weighted by Crippen LogP contribution is 1.98. The lowest BCUT2D eigenvalue weighted by Gasteiger charge is -2.00. The van der Waals surface area contributed by atoms with Crippen LogP contribution in [0.2, 0.25) is 0 Å². The molecule has 16 heavy (non-hydrogen) atoms. The summed E-state index contributed by atoms with van der Waals surface area (Å²) in [6, 6.07) is 15.6. The van der Waals surface area contributed by atoms with Gasteiger partial charge in [-0.3, -0.25) is 0 Å². The summed E-state index contributed by atoms with van der Waals surface area (Å²) in [6.07, 6.45) is 3.59. The van der Waals surface area contributed by atoms with Gasteiger partial charge in [-0.1, -0.05) is 36.4 Å². The Kier molecular flexibility index (Phi) is 3.97. The van der Waals surface area contributed by atoms with E-state index in [4.69, 9.17) is 9.41 Å². The van der Waals surface area contributed by atoms with Gasteiger partial charge in [0.1, 0.15) is 0 Å². The fourth-order valence-corrected chi connectivity index (χ4v) is 1.24. The van der Waals surface area contributed by atoms with E-state index in [1.54, 1.807) is 17.1 Å². The molecule has 0 bridgehead atoms. The highest BCUT2D eigenvalue weighted by Gasteiger charge is 2.04. The summed E-state index contributed by atoms with van der Waals surface area (Å²) >= 11 is 0. The Morgan fingerprint density at radius 1 is 0.938 bits per heavy atom. The maximum absolute atomic E-state index is 5.26. The number of hydrogen-bond acceptors (Lipinski definition) is 2. The third kappa shape index (κ3) is 3.40. The predicted molar refractivity (Wildman–Crippen MR) is 60.2 cm³/mol. The van der Waals surface area contributed by atoms with Gasteiger partial charge in [0.05, 0.1) is 6.61 Å². The minimum Gasteiger partial charge on any atom is -0.393 e. The average molecular weight is 213 g/mol. The van der Waals surface area contributed by atoms with Crippen LogP contribution in [0, 0.1) is 0 Å². The zero-order valence-corrected chi connectivity index (χ0v) is 8.82. The van der Waals surface area contributed by atoms with E-state index in [0.717, 1.165) is 5.56 Å². The molecule has 1 radical (unpaired) electrons. The number of aromatic nitrogens is 1. The lowest BCUT2D eigenvalue weighted by Crippen LogP contribution is -2.44. The summed E-state index contributed by atoms with van der Waals surface area (Å²) in [4.78, 5) is 0. The van der Waals surface area contributed by atoms with Gasteiger partial charge in [0.2, 0.25) is 12.4 Å². The van der Waals surface area contributed by atoms with E-state index in [1.165, 1.54) is 7.69 Å². The van der Waals surface area contributed by atoms with Crippen molar-refractivity contribution >= 4 is 7.69 Å². The van der Waals surface area contributed by atoms with Crippen LogP contribution in [0.15, 0.2) is 60.9 Å². The second-order valence-corrected chi connectivity index (χ2v) is 3.23. The van der Waals surface area contributed by atoms with Crippen LogP contribution in [-0.4, -0.2) is 7.69 Å². The van der Waals surface area contributed by atoms with E-state index in [9.17, 15) is 0 Å². The van der Waals surface area contributed by atoms with Gasteiger partial charge in [0.15, 0.2) is 0 Å². The molecule has 4 heteroatoms. The Labute approximate surface area is 95.5 Å². The Morgan fingerprint density at radius 3 is 2.38 bits per heavy atom. The van der Waals surface area contributed by atoms with Gasteiger partial charge >= 0.3 is 7.69 Å². The molecule has 0 fully saturated rings. The van der Waals surface area contributed by atoms with Crippen LogP contribution < -0.4 is 9.49 Å². The smallest absolute Gasteiger partial charge is 0.393 e. The summed E-state index contributed by atoms with van der Waals surface area (Å²) < 4.78 is 12.0. The molecule has 0 saturated carbocycles. The monoisotopic (exact) mass is 213 g/mol. The van der Waals surface area contributed by atoms with Crippen molar-refractivity contribution in [2.75, 3.05) is 0 Å². The molecule has 0 N–H and O–H groups in total. The molecule has 1 aromatic carbocycles. The molecule has 1 heterocycles. The average Bonchev–Trinajstić information content (AvgIpc) is 2.37. The van der Waals surface area contributed by atoms with Crippen molar-refractivity contribution in [3.8, 4) is 0 Å². The van der Waals surface area contributed by atoms with Crippen LogP contribution in [0.25, 0.3) is 0 Å². The molecule has 1 aromatic heterocycles. The summed E-state index contributed by atoms with van der Waals surface area (Å²) in [6.45, 7) is 0.508. The first-order valence-electron chi connectivity index (χ1n) is 5.06. The molecule has 0 aliphatic carbocycles. The molecule has 0 atom stereocenters. The van der Waals surface area contributed by atoms with Gasteiger partial charge in [-0.2, -0.15) is 0 Å². The fraction of sp³-hybridized carbons (Fsp3) is 0.0833. The first kappa shape index (κ1) is 10.7. The van der Waals surface area contributed by atoms with Gasteiger partial charge in [-0.25, -0.2) is 0 Å². The van der Waals surface area contributed by atoms with Crippen LogP contribution in [0.1, 0.15) is 5.56 Å². The van der Waals surface area contributed by atoms with Crippen molar-refractivity contribution < 1.29 is 14.1 Å². The number of rotatable bonds is 5. The maximum atomic E-state index is 5.26. The molecule has 0 spiro atoms. The molecule has 0 aliphatic heterocycles. The minimum absolute atomic E-state index is 0.508. The van der Waals surface area contributed by atoms with Crippen molar-refractivity contribution in [2.45, 2.75) is 6.61 Å². The van der Waals surface area contributed by atoms with Crippen molar-refractivity contribution in [3.05, 3.63) is 66.5 Å². The number of benzene rings is 1. The molecule has 0 amide bonds. The van der Waals surface area contributed by atoms with E-state index in [1.807, 2.05) is 48.5 Å². The Hall–Kier alpha value is -1.81. The topological polar surface area (TPSA) is 22.3 Å². The van der Waals surface area contributed by atoms with Crippen LogP contribution in [0.4, 0.5) is 0 Å². The van der Waals surface area contributed by atoms with E-state index in [2.05, 4.69) is 0 Å². The molecule has 2 rings (SSSR count). The van der Waals surface area contributed by atoms with Gasteiger partial charge < -0.3 is 9.41 Å². The number of nitrogens with zero attached hydrogens (tertiary/aromatic N) is 1. The number of hydrogen-bond donors (Lipinski definition) is 0. The Balaban J connectivity index is 1.70. The second-order valence-electron chi connectivity index (χ2n) is 3.23. The Bertz CT molecular complexity index is 366. The van der Waals surface area contributed by atoms with E-state index in [-0.39, 0.29) is 0 Å². The standard InChI is InChI=1S/C12H12BNO2/c1-3-7-12(8-4-1)11-15-13-16-14-9-5-2-6-10-14/h1-10H,11H2/q+1. The van der Waals surface area contributed by atoms with E-state index in [0.29, 0.717) is 6.61 Å². The summed E-state index contributed by atoms with van der Waals surface area (Å²) in [7, 11) is 1.33. The molecular weight excluding hydrogens is 201 g/mol.